The minimum Gasteiger partial charge on any atom is -0.309 e. The minimum absolute atomic E-state index is 0.629. The lowest BCUT2D eigenvalue weighted by atomic mass is 10.00. The fourth-order valence-corrected chi connectivity index (χ4v) is 11.5. The second kappa shape index (κ2) is 14.0. The van der Waals surface area contributed by atoms with Gasteiger partial charge in [0, 0.05) is 69.8 Å². The molecule has 0 aliphatic rings. The molecule has 0 unspecified atom stereocenters. The van der Waals surface area contributed by atoms with Crippen LogP contribution in [0.5, 0.6) is 0 Å². The van der Waals surface area contributed by atoms with E-state index in [2.05, 4.69) is 203 Å². The SMILES string of the molecule is c1ccc(-c2nc(-c3cc(-n4c5ccc6ccccc6c5c5c6ccccc6ccc54)cc4c3sc3ccccc34)nc(-c3cccc4c3c3ccccc3n4-c3ccccc3)n2)cc1. The Labute approximate surface area is 376 Å². The van der Waals surface area contributed by atoms with Gasteiger partial charge in [0.2, 0.25) is 0 Å². The van der Waals surface area contributed by atoms with Crippen molar-refractivity contribution in [3.8, 4) is 45.5 Å². The summed E-state index contributed by atoms with van der Waals surface area (Å²) in [7, 11) is 0. The highest BCUT2D eigenvalue weighted by Crippen LogP contribution is 2.46. The molecule has 14 aromatic rings. The smallest absolute Gasteiger partial charge is 0.165 e. The van der Waals surface area contributed by atoms with E-state index in [0.29, 0.717) is 17.5 Å². The summed E-state index contributed by atoms with van der Waals surface area (Å²) in [6.45, 7) is 0. The van der Waals surface area contributed by atoms with Crippen molar-refractivity contribution in [1.29, 1.82) is 0 Å². The number of thiophene rings is 1. The van der Waals surface area contributed by atoms with E-state index in [1.54, 1.807) is 11.3 Å². The molecule has 0 fully saturated rings. The number of benzene rings is 10. The molecule has 4 aromatic heterocycles. The summed E-state index contributed by atoms with van der Waals surface area (Å²) >= 11 is 1.80. The Morgan fingerprint density at radius 3 is 1.58 bits per heavy atom. The molecule has 5 nitrogen and oxygen atoms in total. The quantitative estimate of drug-likeness (QED) is 0.173. The fourth-order valence-electron chi connectivity index (χ4n) is 10.3. The molecule has 0 N–H and O–H groups in total. The average molecular weight is 846 g/mol. The monoisotopic (exact) mass is 845 g/mol. The molecule has 65 heavy (non-hydrogen) atoms. The van der Waals surface area contributed by atoms with Crippen molar-refractivity contribution in [1.82, 2.24) is 24.1 Å². The van der Waals surface area contributed by atoms with Gasteiger partial charge in [-0.05, 0) is 76.1 Å². The molecule has 10 aromatic carbocycles. The first-order chi connectivity index (χ1) is 32.2. The molecule has 14 rings (SSSR count). The van der Waals surface area contributed by atoms with E-state index in [-0.39, 0.29) is 0 Å². The highest BCUT2D eigenvalue weighted by atomic mass is 32.1. The van der Waals surface area contributed by atoms with E-state index in [1.165, 1.54) is 47.8 Å². The maximum atomic E-state index is 5.55. The van der Waals surface area contributed by atoms with Crippen LogP contribution in [0.3, 0.4) is 0 Å². The van der Waals surface area contributed by atoms with E-state index in [0.717, 1.165) is 65.6 Å². The molecular weight excluding hydrogens is 811 g/mol. The molecule has 302 valence electrons. The van der Waals surface area contributed by atoms with E-state index in [9.17, 15) is 0 Å². The molecule has 0 atom stereocenters. The van der Waals surface area contributed by atoms with E-state index >= 15 is 0 Å². The van der Waals surface area contributed by atoms with Crippen molar-refractivity contribution in [3.63, 3.8) is 0 Å². The lowest BCUT2D eigenvalue weighted by Gasteiger charge is -2.14. The molecule has 0 aliphatic carbocycles. The Hall–Kier alpha value is -8.45. The summed E-state index contributed by atoms with van der Waals surface area (Å²) in [5.74, 6) is 1.89. The van der Waals surface area contributed by atoms with Gasteiger partial charge >= 0.3 is 0 Å². The Kier molecular flexibility index (Phi) is 7.79. The second-order valence-electron chi connectivity index (χ2n) is 16.7. The van der Waals surface area contributed by atoms with E-state index in [4.69, 9.17) is 15.0 Å². The summed E-state index contributed by atoms with van der Waals surface area (Å²) < 4.78 is 7.16. The lowest BCUT2D eigenvalue weighted by Crippen LogP contribution is -2.02. The molecule has 0 aliphatic heterocycles. The van der Waals surface area contributed by atoms with Crippen molar-refractivity contribution in [3.05, 3.63) is 212 Å². The van der Waals surface area contributed by atoms with Gasteiger partial charge in [-0.3, -0.25) is 0 Å². The first-order valence-electron chi connectivity index (χ1n) is 21.9. The highest BCUT2D eigenvalue weighted by molar-refractivity contribution is 7.26. The molecular formula is C59H35N5S. The molecule has 0 radical (unpaired) electrons. The minimum atomic E-state index is 0.629. The number of para-hydroxylation sites is 2. The molecule has 0 amide bonds. The van der Waals surface area contributed by atoms with Crippen molar-refractivity contribution in [2.75, 3.05) is 0 Å². The predicted octanol–water partition coefficient (Wildman–Crippen LogP) is 15.7. The van der Waals surface area contributed by atoms with Gasteiger partial charge in [0.1, 0.15) is 0 Å². The van der Waals surface area contributed by atoms with Gasteiger partial charge in [-0.2, -0.15) is 0 Å². The molecule has 0 saturated heterocycles. The number of hydrogen-bond donors (Lipinski definition) is 0. The first-order valence-corrected chi connectivity index (χ1v) is 22.8. The molecule has 0 spiro atoms. The maximum absolute atomic E-state index is 5.55. The van der Waals surface area contributed by atoms with Gasteiger partial charge in [-0.1, -0.05) is 158 Å². The van der Waals surface area contributed by atoms with Crippen LogP contribution in [0, 0.1) is 0 Å². The van der Waals surface area contributed by atoms with Gasteiger partial charge in [0.25, 0.3) is 0 Å². The van der Waals surface area contributed by atoms with Crippen molar-refractivity contribution >= 4 is 96.7 Å². The normalized spacial score (nSPS) is 12.0. The third kappa shape index (κ3) is 5.41. The van der Waals surface area contributed by atoms with Crippen LogP contribution in [0.25, 0.3) is 131 Å². The summed E-state index contributed by atoms with van der Waals surface area (Å²) in [5.41, 5.74) is 9.55. The number of rotatable bonds is 5. The van der Waals surface area contributed by atoms with Crippen LogP contribution in [-0.4, -0.2) is 24.1 Å². The molecule has 6 heteroatoms. The lowest BCUT2D eigenvalue weighted by molar-refractivity contribution is 1.08. The zero-order chi connectivity index (χ0) is 42.6. The molecule has 4 heterocycles. The van der Waals surface area contributed by atoms with Crippen molar-refractivity contribution in [2.24, 2.45) is 0 Å². The van der Waals surface area contributed by atoms with E-state index in [1.807, 2.05) is 18.2 Å². The first kappa shape index (κ1) is 36.1. The zero-order valence-electron chi connectivity index (χ0n) is 34.9. The largest absolute Gasteiger partial charge is 0.309 e. The van der Waals surface area contributed by atoms with Crippen LogP contribution in [0.2, 0.25) is 0 Å². The van der Waals surface area contributed by atoms with Gasteiger partial charge in [-0.25, -0.2) is 15.0 Å². The van der Waals surface area contributed by atoms with Gasteiger partial charge in [0.15, 0.2) is 17.5 Å². The second-order valence-corrected chi connectivity index (χ2v) is 17.8. The summed E-state index contributed by atoms with van der Waals surface area (Å²) in [6.07, 6.45) is 0. The van der Waals surface area contributed by atoms with Crippen LogP contribution in [0.4, 0.5) is 0 Å². The highest BCUT2D eigenvalue weighted by Gasteiger charge is 2.24. The Morgan fingerprint density at radius 1 is 0.323 bits per heavy atom. The zero-order valence-corrected chi connectivity index (χ0v) is 35.7. The van der Waals surface area contributed by atoms with Crippen LogP contribution in [0.1, 0.15) is 0 Å². The van der Waals surface area contributed by atoms with Crippen molar-refractivity contribution in [2.45, 2.75) is 0 Å². The third-order valence-corrected chi connectivity index (χ3v) is 14.3. The standard InChI is InChI=1S/C59H35N5S/c1-3-18-38(19-4-1)57-60-58(45-26-15-28-49-53(45)44-25-11-13-27-48(44)63(49)39-20-5-2-6-21-39)62-59(61-57)47-35-40(34-46-43-24-12-14-29-52(43)65-56(46)47)64-50-32-30-36-16-7-9-22-41(36)54(50)55-42-23-10-8-17-37(42)31-33-51(55)64/h1-35H. The summed E-state index contributed by atoms with van der Waals surface area (Å²) in [6, 6.07) is 76.1. The van der Waals surface area contributed by atoms with Crippen molar-refractivity contribution < 1.29 is 0 Å². The van der Waals surface area contributed by atoms with Crippen LogP contribution >= 0.6 is 11.3 Å². The van der Waals surface area contributed by atoms with E-state index < -0.39 is 0 Å². The Balaban J connectivity index is 1.09. The number of nitrogens with zero attached hydrogens (tertiary/aromatic N) is 5. The molecule has 0 saturated carbocycles. The number of fused-ring (bicyclic) bond motifs is 13. The topological polar surface area (TPSA) is 48.5 Å². The van der Waals surface area contributed by atoms with Crippen LogP contribution in [-0.2, 0) is 0 Å². The Bertz CT molecular complexity index is 4150. The van der Waals surface area contributed by atoms with Crippen LogP contribution < -0.4 is 0 Å². The molecule has 0 bridgehead atoms. The number of hydrogen-bond acceptors (Lipinski definition) is 4. The van der Waals surface area contributed by atoms with Gasteiger partial charge in [-0.15, -0.1) is 11.3 Å². The van der Waals surface area contributed by atoms with Gasteiger partial charge < -0.3 is 9.13 Å². The number of aromatic nitrogens is 5. The summed E-state index contributed by atoms with van der Waals surface area (Å²) in [5, 5.41) is 12.1. The fraction of sp³-hybridized carbons (Fsp3) is 0. The maximum Gasteiger partial charge on any atom is 0.165 e. The van der Waals surface area contributed by atoms with Gasteiger partial charge in [0.05, 0.1) is 22.1 Å². The third-order valence-electron chi connectivity index (χ3n) is 13.1. The average Bonchev–Trinajstić information content (AvgIpc) is 4.05. The Morgan fingerprint density at radius 2 is 0.862 bits per heavy atom. The predicted molar refractivity (Wildman–Crippen MR) is 273 cm³/mol. The summed E-state index contributed by atoms with van der Waals surface area (Å²) in [4.78, 5) is 16.3. The van der Waals surface area contributed by atoms with Crippen LogP contribution in [0.15, 0.2) is 212 Å².